The van der Waals surface area contributed by atoms with E-state index in [4.69, 9.17) is 9.15 Å². The largest absolute Gasteiger partial charge is 0.444 e. The summed E-state index contributed by atoms with van der Waals surface area (Å²) in [6, 6.07) is 3.28. The summed E-state index contributed by atoms with van der Waals surface area (Å²) >= 11 is 3.15. The van der Waals surface area contributed by atoms with Crippen molar-refractivity contribution in [2.75, 3.05) is 19.8 Å². The van der Waals surface area contributed by atoms with Gasteiger partial charge in [0.2, 0.25) is 0 Å². The minimum absolute atomic E-state index is 0.259. The van der Waals surface area contributed by atoms with Crippen LogP contribution in [-0.2, 0) is 4.74 Å². The summed E-state index contributed by atoms with van der Waals surface area (Å²) in [5.74, 6) is 0.292. The lowest BCUT2D eigenvalue weighted by molar-refractivity contribution is 0.00525. The van der Waals surface area contributed by atoms with E-state index in [1.807, 2.05) is 0 Å². The van der Waals surface area contributed by atoms with Crippen LogP contribution in [0, 0.1) is 5.92 Å². The highest BCUT2D eigenvalue weighted by Gasteiger charge is 2.22. The van der Waals surface area contributed by atoms with E-state index in [-0.39, 0.29) is 23.7 Å². The number of aliphatic hydroxyl groups excluding tert-OH is 1. The van der Waals surface area contributed by atoms with Gasteiger partial charge in [-0.05, 0) is 53.2 Å². The maximum Gasteiger partial charge on any atom is 0.287 e. The topological polar surface area (TPSA) is 71.7 Å². The summed E-state index contributed by atoms with van der Waals surface area (Å²) in [6.45, 7) is 1.87. The lowest BCUT2D eigenvalue weighted by Gasteiger charge is -2.26. The number of rotatable bonds is 5. The summed E-state index contributed by atoms with van der Waals surface area (Å²) in [4.78, 5) is 11.7. The van der Waals surface area contributed by atoms with Crippen molar-refractivity contribution in [1.29, 1.82) is 0 Å². The van der Waals surface area contributed by atoms with Crippen LogP contribution in [0.5, 0.6) is 0 Å². The summed E-state index contributed by atoms with van der Waals surface area (Å²) in [7, 11) is 0. The molecule has 1 aromatic heterocycles. The molecule has 1 aromatic rings. The SMILES string of the molecule is O=C(NCCC(O)C1CCOCC1)c1ccc(Br)o1. The molecule has 1 aliphatic rings. The molecule has 19 heavy (non-hydrogen) atoms. The van der Waals surface area contributed by atoms with Crippen molar-refractivity contribution in [2.24, 2.45) is 5.92 Å². The number of hydrogen-bond acceptors (Lipinski definition) is 4. The molecule has 1 unspecified atom stereocenters. The number of hydrogen-bond donors (Lipinski definition) is 2. The Hall–Kier alpha value is -0.850. The fraction of sp³-hybridized carbons (Fsp3) is 0.615. The molecule has 0 saturated carbocycles. The van der Waals surface area contributed by atoms with E-state index in [0.717, 1.165) is 12.8 Å². The molecule has 0 bridgehead atoms. The first-order chi connectivity index (χ1) is 9.16. The average Bonchev–Trinajstić information content (AvgIpc) is 2.86. The number of nitrogens with one attached hydrogen (secondary N) is 1. The van der Waals surface area contributed by atoms with Crippen LogP contribution in [0.1, 0.15) is 29.8 Å². The number of carbonyl (C=O) groups excluding carboxylic acids is 1. The van der Waals surface area contributed by atoms with E-state index in [1.165, 1.54) is 0 Å². The molecule has 1 amide bonds. The van der Waals surface area contributed by atoms with Gasteiger partial charge in [-0.3, -0.25) is 4.79 Å². The lowest BCUT2D eigenvalue weighted by Crippen LogP contribution is -2.32. The smallest absolute Gasteiger partial charge is 0.287 e. The number of halogens is 1. The van der Waals surface area contributed by atoms with Gasteiger partial charge in [-0.15, -0.1) is 0 Å². The Labute approximate surface area is 120 Å². The fourth-order valence-corrected chi connectivity index (χ4v) is 2.50. The van der Waals surface area contributed by atoms with Crippen LogP contribution in [0.25, 0.3) is 0 Å². The van der Waals surface area contributed by atoms with Gasteiger partial charge in [0.25, 0.3) is 5.91 Å². The Morgan fingerprint density at radius 3 is 2.84 bits per heavy atom. The van der Waals surface area contributed by atoms with Crippen molar-refractivity contribution in [3.63, 3.8) is 0 Å². The van der Waals surface area contributed by atoms with E-state index in [9.17, 15) is 9.90 Å². The second-order valence-corrected chi connectivity index (χ2v) is 5.45. The van der Waals surface area contributed by atoms with Crippen molar-refractivity contribution in [1.82, 2.24) is 5.32 Å². The number of carbonyl (C=O) groups is 1. The average molecular weight is 332 g/mol. The van der Waals surface area contributed by atoms with Crippen LogP contribution < -0.4 is 5.32 Å². The van der Waals surface area contributed by atoms with E-state index < -0.39 is 0 Å². The fourth-order valence-electron chi connectivity index (χ4n) is 2.19. The van der Waals surface area contributed by atoms with Crippen molar-refractivity contribution in [3.05, 3.63) is 22.6 Å². The number of furan rings is 1. The van der Waals surface area contributed by atoms with Crippen molar-refractivity contribution in [2.45, 2.75) is 25.4 Å². The minimum Gasteiger partial charge on any atom is -0.444 e. The van der Waals surface area contributed by atoms with Crippen molar-refractivity contribution >= 4 is 21.8 Å². The zero-order valence-electron chi connectivity index (χ0n) is 10.6. The van der Waals surface area contributed by atoms with Gasteiger partial charge in [-0.2, -0.15) is 0 Å². The maximum atomic E-state index is 11.7. The predicted molar refractivity (Wildman–Crippen MR) is 72.9 cm³/mol. The molecule has 0 aromatic carbocycles. The van der Waals surface area contributed by atoms with E-state index in [0.29, 0.717) is 30.8 Å². The second kappa shape index (κ2) is 7.07. The van der Waals surface area contributed by atoms with Crippen LogP contribution in [0.15, 0.2) is 21.2 Å². The quantitative estimate of drug-likeness (QED) is 0.865. The Balaban J connectivity index is 1.69. The molecular formula is C13H18BrNO4. The number of aliphatic hydroxyl groups is 1. The molecular weight excluding hydrogens is 314 g/mol. The molecule has 5 nitrogen and oxygen atoms in total. The van der Waals surface area contributed by atoms with Crippen LogP contribution >= 0.6 is 15.9 Å². The lowest BCUT2D eigenvalue weighted by atomic mass is 9.92. The molecule has 2 heterocycles. The van der Waals surface area contributed by atoms with Gasteiger partial charge in [-0.1, -0.05) is 0 Å². The molecule has 1 fully saturated rings. The van der Waals surface area contributed by atoms with Crippen LogP contribution in [0.4, 0.5) is 0 Å². The second-order valence-electron chi connectivity index (χ2n) is 4.67. The third kappa shape index (κ3) is 4.33. The van der Waals surface area contributed by atoms with Crippen molar-refractivity contribution < 1.29 is 19.1 Å². The molecule has 0 radical (unpaired) electrons. The zero-order chi connectivity index (χ0) is 13.7. The highest BCUT2D eigenvalue weighted by Crippen LogP contribution is 2.20. The van der Waals surface area contributed by atoms with Gasteiger partial charge >= 0.3 is 0 Å². The minimum atomic E-state index is -0.382. The molecule has 0 spiro atoms. The first kappa shape index (κ1) is 14.6. The zero-order valence-corrected chi connectivity index (χ0v) is 12.2. The molecule has 1 aliphatic heterocycles. The predicted octanol–water partition coefficient (Wildman–Crippen LogP) is 1.95. The van der Waals surface area contributed by atoms with E-state index in [2.05, 4.69) is 21.2 Å². The third-order valence-electron chi connectivity index (χ3n) is 3.33. The Morgan fingerprint density at radius 1 is 1.47 bits per heavy atom. The summed E-state index contributed by atoms with van der Waals surface area (Å²) in [5, 5.41) is 12.8. The van der Waals surface area contributed by atoms with Gasteiger partial charge < -0.3 is 19.6 Å². The Kier molecular flexibility index (Phi) is 5.42. The van der Waals surface area contributed by atoms with Gasteiger partial charge in [0.05, 0.1) is 6.10 Å². The van der Waals surface area contributed by atoms with Crippen LogP contribution in [0.2, 0.25) is 0 Å². The van der Waals surface area contributed by atoms with E-state index >= 15 is 0 Å². The maximum absolute atomic E-state index is 11.7. The summed E-state index contributed by atoms with van der Waals surface area (Å²) in [5.41, 5.74) is 0. The molecule has 1 atom stereocenters. The molecule has 6 heteroatoms. The Bertz CT molecular complexity index is 415. The van der Waals surface area contributed by atoms with Gasteiger partial charge in [0, 0.05) is 19.8 Å². The molecule has 106 valence electrons. The van der Waals surface area contributed by atoms with Crippen LogP contribution in [0.3, 0.4) is 0 Å². The van der Waals surface area contributed by atoms with Crippen molar-refractivity contribution in [3.8, 4) is 0 Å². The monoisotopic (exact) mass is 331 g/mol. The normalized spacial score (nSPS) is 18.2. The third-order valence-corrected chi connectivity index (χ3v) is 3.76. The van der Waals surface area contributed by atoms with Gasteiger partial charge in [0.1, 0.15) is 0 Å². The highest BCUT2D eigenvalue weighted by molar-refractivity contribution is 9.10. The first-order valence-corrected chi connectivity index (χ1v) is 7.25. The molecule has 0 aliphatic carbocycles. The summed E-state index contributed by atoms with van der Waals surface area (Å²) < 4.78 is 10.9. The van der Waals surface area contributed by atoms with Gasteiger partial charge in [0.15, 0.2) is 10.4 Å². The van der Waals surface area contributed by atoms with E-state index in [1.54, 1.807) is 12.1 Å². The Morgan fingerprint density at radius 2 is 2.21 bits per heavy atom. The molecule has 2 rings (SSSR count). The van der Waals surface area contributed by atoms with Gasteiger partial charge in [-0.25, -0.2) is 0 Å². The molecule has 2 N–H and O–H groups in total. The number of ether oxygens (including phenoxy) is 1. The number of amides is 1. The highest BCUT2D eigenvalue weighted by atomic mass is 79.9. The molecule has 1 saturated heterocycles. The standard InChI is InChI=1S/C13H18BrNO4/c14-12-2-1-11(19-12)13(17)15-6-3-10(16)9-4-7-18-8-5-9/h1-2,9-10,16H,3-8H2,(H,15,17). The summed E-state index contributed by atoms with van der Waals surface area (Å²) in [6.07, 6.45) is 1.95. The van der Waals surface area contributed by atoms with Crippen LogP contribution in [-0.4, -0.2) is 36.9 Å². The first-order valence-electron chi connectivity index (χ1n) is 6.46.